The first-order valence-electron chi connectivity index (χ1n) is 3.72. The number of nitro benzene ring substituents is 1. The maximum atomic E-state index is 10.6. The topological polar surface area (TPSA) is 73.1 Å². The molecule has 6 heteroatoms. The van der Waals surface area contributed by atoms with Crippen molar-refractivity contribution in [1.82, 2.24) is 4.37 Å². The van der Waals surface area contributed by atoms with Gasteiger partial charge in [-0.3, -0.25) is 14.9 Å². The minimum Gasteiger partial charge on any atom is -0.296 e. The van der Waals surface area contributed by atoms with Crippen molar-refractivity contribution in [3.8, 4) is 0 Å². The molecule has 0 saturated heterocycles. The number of nitrogens with zero attached hydrogens (tertiary/aromatic N) is 2. The highest BCUT2D eigenvalue weighted by molar-refractivity contribution is 7.14. The second-order valence-corrected chi connectivity index (χ2v) is 3.37. The molecule has 1 aromatic carbocycles. The number of carbonyl (C=O) groups is 1. The molecule has 0 saturated carbocycles. The lowest BCUT2D eigenvalue weighted by atomic mass is 10.2. The third kappa shape index (κ3) is 1.16. The number of aldehydes is 1. The van der Waals surface area contributed by atoms with Crippen LogP contribution < -0.4 is 0 Å². The molecule has 0 unspecified atom stereocenters. The minimum atomic E-state index is -0.477. The van der Waals surface area contributed by atoms with Crippen molar-refractivity contribution in [2.45, 2.75) is 0 Å². The normalized spacial score (nSPS) is 10.3. The van der Waals surface area contributed by atoms with Crippen LogP contribution in [0.15, 0.2) is 18.2 Å². The number of hydrogen-bond acceptors (Lipinski definition) is 5. The van der Waals surface area contributed by atoms with Gasteiger partial charge in [0.25, 0.3) is 5.69 Å². The lowest BCUT2D eigenvalue weighted by molar-refractivity contribution is -0.382. The molecule has 2 rings (SSSR count). The van der Waals surface area contributed by atoms with E-state index in [1.54, 1.807) is 12.1 Å². The van der Waals surface area contributed by atoms with Crippen LogP contribution in [0.25, 0.3) is 10.1 Å². The van der Waals surface area contributed by atoms with Gasteiger partial charge in [-0.25, -0.2) is 0 Å². The fourth-order valence-electron chi connectivity index (χ4n) is 1.20. The van der Waals surface area contributed by atoms with E-state index in [0.717, 1.165) is 11.5 Å². The molecule has 0 radical (unpaired) electrons. The van der Waals surface area contributed by atoms with Crippen LogP contribution in [0.5, 0.6) is 0 Å². The van der Waals surface area contributed by atoms with E-state index in [2.05, 4.69) is 4.37 Å². The van der Waals surface area contributed by atoms with Crippen molar-refractivity contribution < 1.29 is 9.72 Å². The van der Waals surface area contributed by atoms with Crippen molar-refractivity contribution in [2.75, 3.05) is 0 Å². The van der Waals surface area contributed by atoms with E-state index in [1.807, 2.05) is 0 Å². The number of non-ortho nitro benzene ring substituents is 1. The summed E-state index contributed by atoms with van der Waals surface area (Å²) in [5.41, 5.74) is 0.252. The Bertz CT molecular complexity index is 520. The molecule has 70 valence electrons. The van der Waals surface area contributed by atoms with E-state index in [-0.39, 0.29) is 11.4 Å². The summed E-state index contributed by atoms with van der Waals surface area (Å²) in [6, 6.07) is 4.59. The molecule has 0 amide bonds. The highest BCUT2D eigenvalue weighted by Gasteiger charge is 2.15. The molecular formula is C8H4N2O3S. The predicted molar refractivity (Wildman–Crippen MR) is 51.7 cm³/mol. The monoisotopic (exact) mass is 208 g/mol. The van der Waals surface area contributed by atoms with E-state index in [9.17, 15) is 14.9 Å². The first-order valence-corrected chi connectivity index (χ1v) is 4.49. The van der Waals surface area contributed by atoms with E-state index in [4.69, 9.17) is 0 Å². The fraction of sp³-hybridized carbons (Fsp3) is 0. The molecule has 0 atom stereocenters. The van der Waals surface area contributed by atoms with E-state index >= 15 is 0 Å². The largest absolute Gasteiger partial charge is 0.296 e. The van der Waals surface area contributed by atoms with Gasteiger partial charge in [-0.2, -0.15) is 4.37 Å². The zero-order valence-corrected chi connectivity index (χ0v) is 7.65. The van der Waals surface area contributed by atoms with Gasteiger partial charge in [0.1, 0.15) is 10.4 Å². The third-order valence-electron chi connectivity index (χ3n) is 1.81. The Morgan fingerprint density at radius 3 is 2.93 bits per heavy atom. The lowest BCUT2D eigenvalue weighted by Gasteiger charge is -1.91. The third-order valence-corrected chi connectivity index (χ3v) is 2.71. The summed E-state index contributed by atoms with van der Waals surface area (Å²) in [5.74, 6) is 0. The Morgan fingerprint density at radius 1 is 1.50 bits per heavy atom. The fourth-order valence-corrected chi connectivity index (χ4v) is 2.03. The van der Waals surface area contributed by atoms with Crippen LogP contribution >= 0.6 is 11.5 Å². The van der Waals surface area contributed by atoms with Gasteiger partial charge in [0.2, 0.25) is 0 Å². The molecule has 14 heavy (non-hydrogen) atoms. The Hall–Kier alpha value is -1.82. The lowest BCUT2D eigenvalue weighted by Crippen LogP contribution is -1.87. The molecule has 0 aliphatic rings. The Morgan fingerprint density at radius 2 is 2.29 bits per heavy atom. The number of nitro groups is 1. The van der Waals surface area contributed by atoms with Crippen molar-refractivity contribution in [3.63, 3.8) is 0 Å². The summed E-state index contributed by atoms with van der Waals surface area (Å²) in [6.45, 7) is 0. The maximum Gasteiger partial charge on any atom is 0.288 e. The number of rotatable bonds is 2. The van der Waals surface area contributed by atoms with Gasteiger partial charge < -0.3 is 0 Å². The summed E-state index contributed by atoms with van der Waals surface area (Å²) in [6.07, 6.45) is 0.600. The second kappa shape index (κ2) is 3.15. The summed E-state index contributed by atoms with van der Waals surface area (Å²) in [5, 5.41) is 11.1. The van der Waals surface area contributed by atoms with Crippen LogP contribution in [0, 0.1) is 10.1 Å². The summed E-state index contributed by atoms with van der Waals surface area (Å²) >= 11 is 0.971. The first-order chi connectivity index (χ1) is 6.74. The summed E-state index contributed by atoms with van der Waals surface area (Å²) < 4.78 is 4.27. The predicted octanol–water partition coefficient (Wildman–Crippen LogP) is 2.02. The van der Waals surface area contributed by atoms with Crippen molar-refractivity contribution in [3.05, 3.63) is 34.0 Å². The van der Waals surface area contributed by atoms with E-state index in [0.29, 0.717) is 16.4 Å². The Labute approximate surface area is 82.3 Å². The molecular weight excluding hydrogens is 204 g/mol. The smallest absolute Gasteiger partial charge is 0.288 e. The summed E-state index contributed by atoms with van der Waals surface area (Å²) in [7, 11) is 0. The minimum absolute atomic E-state index is 0.00639. The van der Waals surface area contributed by atoms with Gasteiger partial charge in [-0.15, -0.1) is 0 Å². The zero-order valence-electron chi connectivity index (χ0n) is 6.84. The highest BCUT2D eigenvalue weighted by Crippen LogP contribution is 2.30. The van der Waals surface area contributed by atoms with Crippen LogP contribution in [0.1, 0.15) is 10.5 Å². The number of carbonyl (C=O) groups excluding carboxylic acids is 1. The first kappa shape index (κ1) is 8.76. The molecule has 0 fully saturated rings. The van der Waals surface area contributed by atoms with Gasteiger partial charge >= 0.3 is 0 Å². The molecule has 0 N–H and O–H groups in total. The zero-order chi connectivity index (χ0) is 10.1. The molecule has 0 bridgehead atoms. The Balaban J connectivity index is 2.82. The highest BCUT2D eigenvalue weighted by atomic mass is 32.1. The molecule has 2 aromatic rings. The second-order valence-electron chi connectivity index (χ2n) is 2.60. The molecule has 1 aromatic heterocycles. The summed E-state index contributed by atoms with van der Waals surface area (Å²) in [4.78, 5) is 20.7. The van der Waals surface area contributed by atoms with Crippen LogP contribution in [0.4, 0.5) is 5.69 Å². The molecule has 0 aliphatic carbocycles. The van der Waals surface area contributed by atoms with Gasteiger partial charge in [0.15, 0.2) is 6.29 Å². The van der Waals surface area contributed by atoms with E-state index in [1.165, 1.54) is 6.07 Å². The quantitative estimate of drug-likeness (QED) is 0.430. The molecule has 0 spiro atoms. The van der Waals surface area contributed by atoms with Crippen LogP contribution in [0.2, 0.25) is 0 Å². The average molecular weight is 208 g/mol. The average Bonchev–Trinajstić information content (AvgIpc) is 2.59. The van der Waals surface area contributed by atoms with Gasteiger partial charge in [-0.05, 0) is 11.5 Å². The number of aromatic nitrogens is 1. The van der Waals surface area contributed by atoms with Crippen LogP contribution in [0.3, 0.4) is 0 Å². The van der Waals surface area contributed by atoms with Crippen molar-refractivity contribution in [2.24, 2.45) is 0 Å². The van der Waals surface area contributed by atoms with Crippen molar-refractivity contribution >= 4 is 33.6 Å². The van der Waals surface area contributed by atoms with Crippen LogP contribution in [-0.4, -0.2) is 15.6 Å². The standard InChI is InChI=1S/C8H4N2O3S/c11-4-6-5-2-1-3-7(10(12)13)8(5)14-9-6/h1-4H. The number of benzene rings is 1. The SMILES string of the molecule is O=Cc1nsc2c([N+](=O)[O-])cccc12. The number of hydrogen-bond donors (Lipinski definition) is 0. The molecule has 0 aliphatic heterocycles. The van der Waals surface area contributed by atoms with Gasteiger partial charge in [0.05, 0.1) is 4.92 Å². The van der Waals surface area contributed by atoms with Gasteiger partial charge in [0, 0.05) is 11.5 Å². The maximum absolute atomic E-state index is 10.6. The van der Waals surface area contributed by atoms with Gasteiger partial charge in [-0.1, -0.05) is 12.1 Å². The number of fused-ring (bicyclic) bond motifs is 1. The molecule has 5 nitrogen and oxygen atoms in total. The van der Waals surface area contributed by atoms with E-state index < -0.39 is 4.92 Å². The van der Waals surface area contributed by atoms with Crippen molar-refractivity contribution in [1.29, 1.82) is 0 Å². The molecule has 1 heterocycles. The Kier molecular flexibility index (Phi) is 1.97. The van der Waals surface area contributed by atoms with Crippen LogP contribution in [-0.2, 0) is 0 Å².